The Labute approximate surface area is 163 Å². The second-order valence-electron chi connectivity index (χ2n) is 6.00. The molecule has 0 amide bonds. The van der Waals surface area contributed by atoms with Crippen molar-refractivity contribution in [3.8, 4) is 0 Å². The number of aryl methyl sites for hydroxylation is 2. The van der Waals surface area contributed by atoms with Gasteiger partial charge < -0.3 is 5.32 Å². The molecular formula is C18H16N6OS2. The molecule has 0 unspecified atom stereocenters. The van der Waals surface area contributed by atoms with Crippen LogP contribution in [0.4, 0.5) is 10.8 Å². The number of aromatic nitrogens is 5. The van der Waals surface area contributed by atoms with Crippen LogP contribution in [0, 0.1) is 13.8 Å². The number of nitrogens with zero attached hydrogens (tertiary/aromatic N) is 5. The van der Waals surface area contributed by atoms with Crippen molar-refractivity contribution >= 4 is 44.8 Å². The van der Waals surface area contributed by atoms with Crippen LogP contribution >= 0.6 is 23.1 Å². The van der Waals surface area contributed by atoms with E-state index in [1.165, 1.54) is 33.3 Å². The quantitative estimate of drug-likeness (QED) is 0.514. The number of benzene rings is 2. The van der Waals surface area contributed by atoms with Gasteiger partial charge in [-0.05, 0) is 37.6 Å². The molecule has 136 valence electrons. The maximum atomic E-state index is 12.5. The summed E-state index contributed by atoms with van der Waals surface area (Å²) < 4.78 is 2.09. The average molecular weight is 397 g/mol. The van der Waals surface area contributed by atoms with Crippen molar-refractivity contribution in [1.82, 2.24) is 25.2 Å². The van der Waals surface area contributed by atoms with Gasteiger partial charge in [0.2, 0.25) is 5.13 Å². The zero-order valence-electron chi connectivity index (χ0n) is 14.7. The summed E-state index contributed by atoms with van der Waals surface area (Å²) in [5, 5.41) is 21.0. The van der Waals surface area contributed by atoms with Gasteiger partial charge in [0.05, 0.1) is 11.3 Å². The summed E-state index contributed by atoms with van der Waals surface area (Å²) in [5.41, 5.74) is 3.81. The predicted octanol–water partition coefficient (Wildman–Crippen LogP) is 3.75. The first-order chi connectivity index (χ1) is 13.1. The van der Waals surface area contributed by atoms with E-state index in [2.05, 4.69) is 51.8 Å². The third-order valence-corrected chi connectivity index (χ3v) is 5.91. The minimum Gasteiger partial charge on any atom is -0.330 e. The normalized spacial score (nSPS) is 11.0. The van der Waals surface area contributed by atoms with E-state index < -0.39 is 0 Å². The highest BCUT2D eigenvalue weighted by Gasteiger charge is 2.09. The van der Waals surface area contributed by atoms with Gasteiger partial charge in [-0.2, -0.15) is 4.68 Å². The van der Waals surface area contributed by atoms with Crippen molar-refractivity contribution in [2.45, 2.75) is 24.1 Å². The van der Waals surface area contributed by atoms with E-state index >= 15 is 0 Å². The molecule has 2 aromatic heterocycles. The summed E-state index contributed by atoms with van der Waals surface area (Å²) in [4.78, 5) is 12.5. The summed E-state index contributed by atoms with van der Waals surface area (Å²) in [7, 11) is 0. The summed E-state index contributed by atoms with van der Waals surface area (Å²) in [6, 6.07) is 13.4. The average Bonchev–Trinajstić information content (AvgIpc) is 3.11. The topological polar surface area (TPSA) is 85.6 Å². The molecule has 9 heteroatoms. The lowest BCUT2D eigenvalue weighted by molar-refractivity contribution is 0.644. The molecule has 2 aromatic carbocycles. The highest BCUT2D eigenvalue weighted by atomic mass is 32.2. The molecule has 0 aliphatic rings. The van der Waals surface area contributed by atoms with Crippen molar-refractivity contribution < 1.29 is 0 Å². The molecule has 2 heterocycles. The number of nitrogens with one attached hydrogen (secondary N) is 1. The van der Waals surface area contributed by atoms with Gasteiger partial charge in [0, 0.05) is 5.69 Å². The van der Waals surface area contributed by atoms with Crippen molar-refractivity contribution in [2.75, 3.05) is 5.32 Å². The Bertz CT molecular complexity index is 1170. The van der Waals surface area contributed by atoms with Gasteiger partial charge in [-0.15, -0.1) is 15.3 Å². The number of anilines is 2. The fourth-order valence-corrected chi connectivity index (χ4v) is 4.23. The maximum absolute atomic E-state index is 12.5. The molecule has 0 bridgehead atoms. The fourth-order valence-electron chi connectivity index (χ4n) is 2.61. The molecule has 0 radical (unpaired) electrons. The summed E-state index contributed by atoms with van der Waals surface area (Å²) >= 11 is 2.84. The van der Waals surface area contributed by atoms with Crippen LogP contribution in [0.25, 0.3) is 10.9 Å². The lowest BCUT2D eigenvalue weighted by Crippen LogP contribution is -2.23. The largest absolute Gasteiger partial charge is 0.330 e. The Morgan fingerprint density at radius 2 is 1.96 bits per heavy atom. The van der Waals surface area contributed by atoms with Gasteiger partial charge in [0.1, 0.15) is 5.52 Å². The molecule has 0 saturated carbocycles. The molecule has 1 N–H and O–H groups in total. The third kappa shape index (κ3) is 3.83. The number of fused-ring (bicyclic) bond motifs is 1. The zero-order chi connectivity index (χ0) is 18.8. The van der Waals surface area contributed by atoms with E-state index in [1.807, 2.05) is 18.2 Å². The Morgan fingerprint density at radius 3 is 2.81 bits per heavy atom. The molecule has 27 heavy (non-hydrogen) atoms. The lowest BCUT2D eigenvalue weighted by Gasteiger charge is -2.06. The molecule has 0 saturated heterocycles. The van der Waals surface area contributed by atoms with Gasteiger partial charge in [-0.25, -0.2) is 0 Å². The van der Waals surface area contributed by atoms with Gasteiger partial charge in [-0.1, -0.05) is 58.1 Å². The van der Waals surface area contributed by atoms with Gasteiger partial charge in [0.15, 0.2) is 4.34 Å². The van der Waals surface area contributed by atoms with Crippen LogP contribution in [0.15, 0.2) is 51.6 Å². The SMILES string of the molecule is Cc1ccc(Nc2nnc(SCn3nnc4ccccc4c3=O)s2)c(C)c1. The summed E-state index contributed by atoms with van der Waals surface area (Å²) in [6.07, 6.45) is 0. The molecule has 0 spiro atoms. The summed E-state index contributed by atoms with van der Waals surface area (Å²) in [6.45, 7) is 4.12. The van der Waals surface area contributed by atoms with Crippen LogP contribution in [0.2, 0.25) is 0 Å². The van der Waals surface area contributed by atoms with Crippen molar-refractivity contribution in [1.29, 1.82) is 0 Å². The molecule has 0 fully saturated rings. The smallest absolute Gasteiger partial charge is 0.278 e. The number of thioether (sulfide) groups is 1. The minimum absolute atomic E-state index is 0.161. The Hall–Kier alpha value is -2.78. The van der Waals surface area contributed by atoms with Gasteiger partial charge in [0.25, 0.3) is 5.56 Å². The predicted molar refractivity (Wildman–Crippen MR) is 109 cm³/mol. The van der Waals surface area contributed by atoms with Crippen LogP contribution in [-0.2, 0) is 5.88 Å². The van der Waals surface area contributed by atoms with Crippen LogP contribution < -0.4 is 10.9 Å². The van der Waals surface area contributed by atoms with Crippen molar-refractivity contribution in [2.24, 2.45) is 0 Å². The number of hydrogen-bond donors (Lipinski definition) is 1. The molecule has 0 aliphatic carbocycles. The van der Waals surface area contributed by atoms with Crippen LogP contribution in [-0.4, -0.2) is 25.2 Å². The van der Waals surface area contributed by atoms with E-state index in [1.54, 1.807) is 12.1 Å². The van der Waals surface area contributed by atoms with E-state index in [0.29, 0.717) is 21.9 Å². The molecular weight excluding hydrogens is 380 g/mol. The van der Waals surface area contributed by atoms with Crippen LogP contribution in [0.5, 0.6) is 0 Å². The van der Waals surface area contributed by atoms with E-state index in [9.17, 15) is 4.79 Å². The zero-order valence-corrected chi connectivity index (χ0v) is 16.3. The lowest BCUT2D eigenvalue weighted by atomic mass is 10.1. The Balaban J connectivity index is 1.47. The first-order valence-corrected chi connectivity index (χ1v) is 10.0. The van der Waals surface area contributed by atoms with Gasteiger partial charge in [-0.3, -0.25) is 4.79 Å². The third-order valence-electron chi connectivity index (χ3n) is 3.97. The molecule has 4 rings (SSSR count). The standard InChI is InChI=1S/C18H16N6OS2/c1-11-7-8-14(12(2)9-11)19-17-21-22-18(27-17)26-10-24-16(25)13-5-3-4-6-15(13)20-23-24/h3-9H,10H2,1-2H3,(H,19,21). The van der Waals surface area contributed by atoms with Crippen LogP contribution in [0.1, 0.15) is 11.1 Å². The molecule has 0 aliphatic heterocycles. The Kier molecular flexibility index (Phi) is 4.87. The van der Waals surface area contributed by atoms with E-state index in [4.69, 9.17) is 0 Å². The number of rotatable bonds is 5. The highest BCUT2D eigenvalue weighted by molar-refractivity contribution is 8.00. The molecule has 7 nitrogen and oxygen atoms in total. The monoisotopic (exact) mass is 396 g/mol. The van der Waals surface area contributed by atoms with Crippen LogP contribution in [0.3, 0.4) is 0 Å². The van der Waals surface area contributed by atoms with Crippen molar-refractivity contribution in [3.63, 3.8) is 0 Å². The second kappa shape index (κ2) is 7.45. The first kappa shape index (κ1) is 17.6. The molecule has 4 aromatic rings. The number of hydrogen-bond acceptors (Lipinski definition) is 8. The fraction of sp³-hybridized carbons (Fsp3) is 0.167. The summed E-state index contributed by atoms with van der Waals surface area (Å²) in [5.74, 6) is 0.328. The van der Waals surface area contributed by atoms with Crippen molar-refractivity contribution in [3.05, 3.63) is 63.9 Å². The second-order valence-corrected chi connectivity index (χ2v) is 8.17. The van der Waals surface area contributed by atoms with E-state index in [-0.39, 0.29) is 5.56 Å². The highest BCUT2D eigenvalue weighted by Crippen LogP contribution is 2.29. The first-order valence-electron chi connectivity index (χ1n) is 8.23. The van der Waals surface area contributed by atoms with Gasteiger partial charge >= 0.3 is 0 Å². The van der Waals surface area contributed by atoms with E-state index in [0.717, 1.165) is 15.6 Å². The minimum atomic E-state index is -0.161. The molecule has 0 atom stereocenters. The Morgan fingerprint density at radius 1 is 1.11 bits per heavy atom. The maximum Gasteiger partial charge on any atom is 0.278 e.